The van der Waals surface area contributed by atoms with Gasteiger partial charge in [-0.2, -0.15) is 0 Å². The Kier molecular flexibility index (Phi) is 82.5. The van der Waals surface area contributed by atoms with Crippen LogP contribution >= 0.6 is 0 Å². The normalized spacial score (nSPS) is 12.9. The maximum atomic E-state index is 11.6. The number of hydrogen-bond acceptors (Lipinski definition) is 19. The van der Waals surface area contributed by atoms with Gasteiger partial charge in [-0.05, 0) is 220 Å². The molecule has 0 spiro atoms. The summed E-state index contributed by atoms with van der Waals surface area (Å²) in [5.41, 5.74) is 12.5. The molecule has 19 nitrogen and oxygen atoms in total. The Labute approximate surface area is 771 Å². The van der Waals surface area contributed by atoms with Gasteiger partial charge < -0.3 is 42.0 Å². The molecule has 2 heterocycles. The average molecular weight is 1760 g/mol. The number of aryl methyl sites for hydroxylation is 2. The predicted octanol–water partition coefficient (Wildman–Crippen LogP) is 22.4. The van der Waals surface area contributed by atoms with E-state index in [1.165, 1.54) is 37.1 Å². The van der Waals surface area contributed by atoms with E-state index in [9.17, 15) is 38.4 Å². The standard InChI is InChI=1S/C16H25NO.C15H23NO.C14H21NO.C14H27NO.C12H24N2O.C12H26N2O.C11H23NO2.C8H17NO.4CH4/c1-12(2)16(18)7-5-6-14-8-10-15(11-9-14)17-13(3)4;1-11(2)15(17)10-7-13-5-8-14(9-6-13)16-12(3)4;1-10(2)14(16)9-12-5-7-13(8-6-12)15-11(3)4;1-11(2)14(16)6-5-13-7-9-15(10-8-13)12(3)4;1-10(2)12(15)9-13-5-7-14(8-6-13)11(3)4;1-10(2)12(15)9-14(11(3)4)8-6-5-7-13;1-9(2)11(13)5-7-14-8-6-12-10(3)4;1-6(2)8(10)5-9-7(3)4;;;;/h8-13,17H,5-7H2,1-4H3;5-6,8-9,11-12,16H,7,10H2,1-4H3;5-8,10-11,15H,9H2,1-4H3;11-13H,5-10H2,1-4H3;10-11H,5-9H2,1-4H3;10-11H,5-9,13H2,1-4H3;9-10,12H,5-8H2,1-4H3;6-7,9H,5H2,1-4H3;4*1H4. The highest BCUT2D eigenvalue weighted by Gasteiger charge is 2.24. The number of carbonyl (C=O) groups is 8. The number of ketones is 8. The van der Waals surface area contributed by atoms with Gasteiger partial charge in [0.15, 0.2) is 0 Å². The highest BCUT2D eigenvalue weighted by atomic mass is 16.5. The van der Waals surface area contributed by atoms with Crippen LogP contribution in [0.4, 0.5) is 17.1 Å². The van der Waals surface area contributed by atoms with Crippen molar-refractivity contribution in [3.63, 3.8) is 0 Å². The molecule has 0 amide bonds. The van der Waals surface area contributed by atoms with Gasteiger partial charge in [-0.3, -0.25) is 53.1 Å². The zero-order chi connectivity index (χ0) is 93.0. The van der Waals surface area contributed by atoms with Gasteiger partial charge >= 0.3 is 0 Å². The monoisotopic (exact) mass is 1760 g/mol. The molecule has 2 aliphatic rings. The number of ether oxygens (including phenoxy) is 1. The summed E-state index contributed by atoms with van der Waals surface area (Å²) in [4.78, 5) is 101. The van der Waals surface area contributed by atoms with Crippen molar-refractivity contribution < 1.29 is 43.1 Å². The first kappa shape index (κ1) is 132. The molecule has 3 aromatic rings. The maximum Gasteiger partial charge on any atom is 0.149 e. The first-order valence-electron chi connectivity index (χ1n) is 47.0. The third-order valence-electron chi connectivity index (χ3n) is 21.0. The van der Waals surface area contributed by atoms with Crippen LogP contribution in [0.15, 0.2) is 72.8 Å². The molecule has 2 fully saturated rings. The summed E-state index contributed by atoms with van der Waals surface area (Å²) in [7, 11) is 0. The van der Waals surface area contributed by atoms with Crippen LogP contribution in [0.3, 0.4) is 0 Å². The SMILES string of the molecule is C.C.C.C.CC(C)C(=O)CCC1CCN(C(C)C)CC1.CC(C)C(=O)CN(CCCCN)C(C)C.CC(C)C(=O)CN1CCN(C(C)C)CC1.CC(C)NCC(=O)C(C)C.CC(C)NCCOCCC(=O)C(C)C.CC(C)Nc1ccc(CC(=O)C(C)C)cc1.CC(C)Nc1ccc(CCC(=O)C(C)C)cc1.CC(C)Nc1ccc(CCCC(=O)C(C)C)cc1. The van der Waals surface area contributed by atoms with Gasteiger partial charge in [0.1, 0.15) is 46.3 Å². The summed E-state index contributed by atoms with van der Waals surface area (Å²) in [6.45, 7) is 77.8. The fourth-order valence-corrected chi connectivity index (χ4v) is 12.1. The van der Waals surface area contributed by atoms with Gasteiger partial charge in [-0.15, -0.1) is 0 Å². The number of piperidine rings is 1. The van der Waals surface area contributed by atoms with E-state index in [4.69, 9.17) is 10.5 Å². The number of anilines is 3. The molecule has 125 heavy (non-hydrogen) atoms. The molecule has 0 atom stereocenters. The molecule has 19 heteroatoms. The van der Waals surface area contributed by atoms with E-state index in [-0.39, 0.29) is 88.6 Å². The number of nitrogens with zero attached hydrogens (tertiary/aromatic N) is 4. The number of Topliss-reactive ketones (excluding diaryl/α,β-unsaturated/α-hetero) is 8. The Balaban J connectivity index is -0.000000254. The lowest BCUT2D eigenvalue weighted by atomic mass is 9.89. The zero-order valence-corrected chi connectivity index (χ0v) is 83.4. The van der Waals surface area contributed by atoms with Gasteiger partial charge in [0.05, 0.1) is 32.8 Å². The Morgan fingerprint density at radius 2 is 0.744 bits per heavy atom. The van der Waals surface area contributed by atoms with Crippen LogP contribution < -0.4 is 32.3 Å². The Hall–Kier alpha value is -5.90. The minimum absolute atomic E-state index is 0. The predicted molar refractivity (Wildman–Crippen MR) is 545 cm³/mol. The highest BCUT2D eigenvalue weighted by molar-refractivity contribution is 5.84. The first-order chi connectivity index (χ1) is 56.5. The van der Waals surface area contributed by atoms with E-state index in [0.717, 1.165) is 119 Å². The van der Waals surface area contributed by atoms with E-state index in [1.54, 1.807) is 0 Å². The summed E-state index contributed by atoms with van der Waals surface area (Å²) in [6, 6.07) is 28.9. The Morgan fingerprint density at radius 1 is 0.376 bits per heavy atom. The number of rotatable bonds is 47. The molecule has 7 N–H and O–H groups in total. The highest BCUT2D eigenvalue weighted by Crippen LogP contribution is 2.25. The van der Waals surface area contributed by atoms with Crippen LogP contribution in [0.5, 0.6) is 0 Å². The molecular formula is C106H202N10O9. The molecule has 0 unspecified atom stereocenters. The summed E-state index contributed by atoms with van der Waals surface area (Å²) in [5.74, 6) is 4.76. The van der Waals surface area contributed by atoms with Crippen molar-refractivity contribution in [3.8, 4) is 0 Å². The molecule has 3 aromatic carbocycles. The van der Waals surface area contributed by atoms with Crippen LogP contribution in [0.1, 0.15) is 332 Å². The van der Waals surface area contributed by atoms with Gasteiger partial charge in [0, 0.05) is 178 Å². The molecule has 0 radical (unpaired) electrons. The van der Waals surface area contributed by atoms with Crippen molar-refractivity contribution in [2.24, 2.45) is 59.0 Å². The van der Waals surface area contributed by atoms with Gasteiger partial charge in [-0.25, -0.2) is 0 Å². The van der Waals surface area contributed by atoms with Crippen LogP contribution in [0.25, 0.3) is 0 Å². The summed E-state index contributed by atoms with van der Waals surface area (Å²) in [5, 5.41) is 16.4. The molecule has 0 aliphatic carbocycles. The van der Waals surface area contributed by atoms with Crippen LogP contribution in [-0.2, 0) is 62.4 Å². The fourth-order valence-electron chi connectivity index (χ4n) is 12.1. The molecular weight excluding hydrogens is 1560 g/mol. The second kappa shape index (κ2) is 78.0. The van der Waals surface area contributed by atoms with Crippen molar-refractivity contribution in [2.75, 3.05) is 108 Å². The average Bonchev–Trinajstić information content (AvgIpc) is 0.899. The van der Waals surface area contributed by atoms with Gasteiger partial charge in [0.25, 0.3) is 0 Å². The molecule has 0 aromatic heterocycles. The summed E-state index contributed by atoms with van der Waals surface area (Å²) >= 11 is 0. The number of nitrogens with two attached hydrogens (primary N) is 1. The second-order valence-corrected chi connectivity index (χ2v) is 38.1. The van der Waals surface area contributed by atoms with Crippen molar-refractivity contribution in [3.05, 3.63) is 89.5 Å². The molecule has 0 saturated carbocycles. The third-order valence-corrected chi connectivity index (χ3v) is 21.0. The van der Waals surface area contributed by atoms with Crippen molar-refractivity contribution in [1.82, 2.24) is 30.2 Å². The van der Waals surface area contributed by atoms with Crippen LogP contribution in [0.2, 0.25) is 0 Å². The minimum Gasteiger partial charge on any atom is -0.383 e. The number of benzene rings is 3. The smallest absolute Gasteiger partial charge is 0.149 e. The quantitative estimate of drug-likeness (QED) is 0.0288. The fraction of sp³-hybridized carbons (Fsp3) is 0.755. The van der Waals surface area contributed by atoms with E-state index in [0.29, 0.717) is 142 Å². The molecule has 2 aliphatic heterocycles. The van der Waals surface area contributed by atoms with Gasteiger partial charge in [0.2, 0.25) is 0 Å². The van der Waals surface area contributed by atoms with E-state index >= 15 is 0 Å². The Morgan fingerprint density at radius 3 is 1.11 bits per heavy atom. The lowest BCUT2D eigenvalue weighted by molar-refractivity contribution is -0.124. The zero-order valence-electron chi connectivity index (χ0n) is 83.4. The number of hydrogen-bond donors (Lipinski definition) is 6. The molecule has 0 bridgehead atoms. The van der Waals surface area contributed by atoms with Crippen molar-refractivity contribution in [1.29, 1.82) is 0 Å². The van der Waals surface area contributed by atoms with Gasteiger partial charge in [-0.1, -0.05) is 205 Å². The number of carbonyl (C=O) groups excluding carboxylic acids is 8. The summed E-state index contributed by atoms with van der Waals surface area (Å²) in [6.07, 6.45) is 11.8. The first-order valence-corrected chi connectivity index (χ1v) is 47.0. The topological polar surface area (TPSA) is 245 Å². The maximum absolute atomic E-state index is 11.6. The largest absolute Gasteiger partial charge is 0.383 e. The minimum atomic E-state index is 0. The van der Waals surface area contributed by atoms with Crippen LogP contribution in [-0.4, -0.2) is 206 Å². The molecule has 730 valence electrons. The summed E-state index contributed by atoms with van der Waals surface area (Å²) < 4.78 is 5.32. The molecule has 5 rings (SSSR count). The van der Waals surface area contributed by atoms with Crippen molar-refractivity contribution in [2.45, 2.75) is 383 Å². The number of likely N-dealkylation sites (tertiary alicyclic amines) is 1. The molecule has 2 saturated heterocycles. The number of nitrogens with one attached hydrogen (secondary N) is 5. The van der Waals surface area contributed by atoms with E-state index in [2.05, 4.69) is 192 Å². The lowest BCUT2D eigenvalue weighted by Crippen LogP contribution is -2.50. The second-order valence-electron chi connectivity index (χ2n) is 38.1. The number of unbranched alkanes of at least 4 members (excludes halogenated alkanes) is 1. The lowest BCUT2D eigenvalue weighted by Gasteiger charge is -2.36. The Bertz CT molecular complexity index is 3140. The third kappa shape index (κ3) is 73.6. The number of piperazine rings is 1. The van der Waals surface area contributed by atoms with E-state index in [1.807, 2.05) is 149 Å². The van der Waals surface area contributed by atoms with Crippen molar-refractivity contribution >= 4 is 63.3 Å². The van der Waals surface area contributed by atoms with Crippen LogP contribution in [0, 0.1) is 53.3 Å². The van der Waals surface area contributed by atoms with E-state index < -0.39 is 0 Å².